The summed E-state index contributed by atoms with van der Waals surface area (Å²) in [4.78, 5) is 0. The molecule has 3 aromatic rings. The van der Waals surface area contributed by atoms with Gasteiger partial charge < -0.3 is 5.32 Å². The Labute approximate surface area is 189 Å². The van der Waals surface area contributed by atoms with Crippen molar-refractivity contribution in [1.29, 1.82) is 5.26 Å². The highest BCUT2D eigenvalue weighted by atomic mass is 32.2. The Hall–Kier alpha value is -3.18. The van der Waals surface area contributed by atoms with E-state index in [0.717, 1.165) is 22.4 Å². The van der Waals surface area contributed by atoms with Gasteiger partial charge in [-0.1, -0.05) is 60.7 Å². The zero-order chi connectivity index (χ0) is 22.6. The van der Waals surface area contributed by atoms with E-state index in [1.54, 1.807) is 23.5 Å². The standard InChI is InChI=1S/C25H26N4O2S/c1-28(18-21-10-6-3-7-11-21)32(30,31)29-19-23-14-22(16-26)12-13-25(23)27-17-24(29)15-20-8-4-2-5-9-20/h2-14,24,27H,15,17-19H2,1H3/t24-/m1/s1. The molecule has 0 amide bonds. The van der Waals surface area contributed by atoms with Gasteiger partial charge in [0.2, 0.25) is 0 Å². The normalized spacial score (nSPS) is 16.6. The Bertz CT molecular complexity index is 1210. The summed E-state index contributed by atoms with van der Waals surface area (Å²) in [6.45, 7) is 0.971. The number of nitriles is 1. The van der Waals surface area contributed by atoms with Crippen LogP contribution in [0.5, 0.6) is 0 Å². The molecule has 1 N–H and O–H groups in total. The van der Waals surface area contributed by atoms with E-state index in [1.165, 1.54) is 4.31 Å². The molecule has 0 saturated heterocycles. The molecular weight excluding hydrogens is 420 g/mol. The number of fused-ring (bicyclic) bond motifs is 1. The molecule has 0 fully saturated rings. The minimum absolute atomic E-state index is 0.205. The van der Waals surface area contributed by atoms with E-state index in [1.807, 2.05) is 66.7 Å². The van der Waals surface area contributed by atoms with E-state index >= 15 is 0 Å². The number of benzene rings is 3. The maximum Gasteiger partial charge on any atom is 0.282 e. The smallest absolute Gasteiger partial charge is 0.282 e. The van der Waals surface area contributed by atoms with Crippen LogP contribution in [0.3, 0.4) is 0 Å². The molecule has 0 bridgehead atoms. The van der Waals surface area contributed by atoms with Crippen molar-refractivity contribution < 1.29 is 8.42 Å². The quantitative estimate of drug-likeness (QED) is 0.625. The maximum absolute atomic E-state index is 13.8. The summed E-state index contributed by atoms with van der Waals surface area (Å²) in [5.41, 5.74) is 4.19. The third-order valence-electron chi connectivity index (χ3n) is 5.75. The van der Waals surface area contributed by atoms with Crippen LogP contribution in [0.25, 0.3) is 0 Å². The summed E-state index contributed by atoms with van der Waals surface area (Å²) in [7, 11) is -2.15. The van der Waals surface area contributed by atoms with Crippen LogP contribution in [-0.2, 0) is 29.7 Å². The molecule has 0 aromatic heterocycles. The highest BCUT2D eigenvalue weighted by Crippen LogP contribution is 2.28. The topological polar surface area (TPSA) is 76.4 Å². The monoisotopic (exact) mass is 446 g/mol. The Kier molecular flexibility index (Phi) is 6.56. The number of nitrogens with zero attached hydrogens (tertiary/aromatic N) is 3. The highest BCUT2D eigenvalue weighted by Gasteiger charge is 2.35. The van der Waals surface area contributed by atoms with Crippen LogP contribution in [0, 0.1) is 11.3 Å². The van der Waals surface area contributed by atoms with Crippen LogP contribution in [0.1, 0.15) is 22.3 Å². The first-order valence-corrected chi connectivity index (χ1v) is 11.9. The van der Waals surface area contributed by atoms with Gasteiger partial charge in [0.05, 0.1) is 11.6 Å². The van der Waals surface area contributed by atoms with Crippen molar-refractivity contribution in [3.63, 3.8) is 0 Å². The van der Waals surface area contributed by atoms with Gasteiger partial charge in [0.15, 0.2) is 0 Å². The van der Waals surface area contributed by atoms with E-state index in [0.29, 0.717) is 18.5 Å². The van der Waals surface area contributed by atoms with Gasteiger partial charge in [0, 0.05) is 38.4 Å². The summed E-state index contributed by atoms with van der Waals surface area (Å²) in [5, 5.41) is 12.7. The second kappa shape index (κ2) is 9.53. The number of rotatable bonds is 6. The fourth-order valence-corrected chi connectivity index (χ4v) is 5.52. The second-order valence-electron chi connectivity index (χ2n) is 8.00. The van der Waals surface area contributed by atoms with E-state index in [-0.39, 0.29) is 19.1 Å². The van der Waals surface area contributed by atoms with E-state index < -0.39 is 10.2 Å². The van der Waals surface area contributed by atoms with Crippen LogP contribution < -0.4 is 5.32 Å². The summed E-state index contributed by atoms with van der Waals surface area (Å²) < 4.78 is 30.5. The summed E-state index contributed by atoms with van der Waals surface area (Å²) in [6.07, 6.45) is 0.589. The van der Waals surface area contributed by atoms with Gasteiger partial charge in [-0.05, 0) is 41.3 Å². The summed E-state index contributed by atoms with van der Waals surface area (Å²) >= 11 is 0. The molecule has 1 aliphatic heterocycles. The van der Waals surface area contributed by atoms with E-state index in [4.69, 9.17) is 0 Å². The Balaban J connectivity index is 1.68. The predicted octanol–water partition coefficient (Wildman–Crippen LogP) is 3.77. The minimum atomic E-state index is -3.77. The minimum Gasteiger partial charge on any atom is -0.383 e. The Morgan fingerprint density at radius 3 is 2.34 bits per heavy atom. The largest absolute Gasteiger partial charge is 0.383 e. The average molecular weight is 447 g/mol. The summed E-state index contributed by atoms with van der Waals surface area (Å²) in [5.74, 6) is 0. The fourth-order valence-electron chi connectivity index (χ4n) is 4.02. The third kappa shape index (κ3) is 4.83. The lowest BCUT2D eigenvalue weighted by atomic mass is 10.1. The molecule has 4 rings (SSSR count). The van der Waals surface area contributed by atoms with Crippen molar-refractivity contribution in [2.75, 3.05) is 18.9 Å². The molecule has 7 heteroatoms. The molecule has 1 aliphatic rings. The van der Waals surface area contributed by atoms with Crippen LogP contribution >= 0.6 is 0 Å². The number of nitrogens with one attached hydrogen (secondary N) is 1. The molecule has 0 radical (unpaired) electrons. The lowest BCUT2D eigenvalue weighted by Gasteiger charge is -2.32. The number of anilines is 1. The first kappa shape index (κ1) is 22.0. The number of hydrogen-bond donors (Lipinski definition) is 1. The van der Waals surface area contributed by atoms with Gasteiger partial charge in [0.1, 0.15) is 0 Å². The fraction of sp³-hybridized carbons (Fsp3) is 0.240. The summed E-state index contributed by atoms with van der Waals surface area (Å²) in [6, 6.07) is 26.8. The van der Waals surface area contributed by atoms with Crippen LogP contribution in [0.4, 0.5) is 5.69 Å². The molecule has 0 aliphatic carbocycles. The average Bonchev–Trinajstić information content (AvgIpc) is 3.00. The lowest BCUT2D eigenvalue weighted by molar-refractivity contribution is 0.294. The maximum atomic E-state index is 13.8. The van der Waals surface area contributed by atoms with Crippen molar-refractivity contribution in [3.8, 4) is 6.07 Å². The second-order valence-corrected chi connectivity index (χ2v) is 9.99. The zero-order valence-electron chi connectivity index (χ0n) is 18.0. The zero-order valence-corrected chi connectivity index (χ0v) is 18.8. The van der Waals surface area contributed by atoms with Gasteiger partial charge in [-0.15, -0.1) is 0 Å². The van der Waals surface area contributed by atoms with Crippen LogP contribution in [-0.4, -0.2) is 36.7 Å². The molecule has 0 unspecified atom stereocenters. The number of hydrogen-bond acceptors (Lipinski definition) is 4. The molecule has 3 aromatic carbocycles. The van der Waals surface area contributed by atoms with Crippen molar-refractivity contribution >= 4 is 15.9 Å². The van der Waals surface area contributed by atoms with Gasteiger partial charge >= 0.3 is 0 Å². The van der Waals surface area contributed by atoms with Crippen molar-refractivity contribution in [2.45, 2.75) is 25.6 Å². The van der Waals surface area contributed by atoms with Gasteiger partial charge in [-0.25, -0.2) is 0 Å². The molecule has 0 saturated carbocycles. The van der Waals surface area contributed by atoms with Gasteiger partial charge in [-0.2, -0.15) is 22.3 Å². The van der Waals surface area contributed by atoms with Crippen LogP contribution in [0.2, 0.25) is 0 Å². The van der Waals surface area contributed by atoms with Crippen molar-refractivity contribution in [3.05, 3.63) is 101 Å². The van der Waals surface area contributed by atoms with E-state index in [2.05, 4.69) is 11.4 Å². The molecular formula is C25H26N4O2S. The Morgan fingerprint density at radius 2 is 1.69 bits per heavy atom. The lowest BCUT2D eigenvalue weighted by Crippen LogP contribution is -2.48. The molecule has 164 valence electrons. The molecule has 6 nitrogen and oxygen atoms in total. The van der Waals surface area contributed by atoms with Crippen molar-refractivity contribution in [1.82, 2.24) is 8.61 Å². The van der Waals surface area contributed by atoms with Gasteiger partial charge in [0.25, 0.3) is 10.2 Å². The van der Waals surface area contributed by atoms with Crippen LogP contribution in [0.15, 0.2) is 78.9 Å². The molecule has 1 heterocycles. The highest BCUT2D eigenvalue weighted by molar-refractivity contribution is 7.86. The molecule has 0 spiro atoms. The SMILES string of the molecule is CN(Cc1ccccc1)S(=O)(=O)N1Cc2cc(C#N)ccc2NC[C@H]1Cc1ccccc1. The van der Waals surface area contributed by atoms with E-state index in [9.17, 15) is 13.7 Å². The Morgan fingerprint density at radius 1 is 1.03 bits per heavy atom. The molecule has 32 heavy (non-hydrogen) atoms. The third-order valence-corrected chi connectivity index (χ3v) is 7.69. The predicted molar refractivity (Wildman–Crippen MR) is 126 cm³/mol. The van der Waals surface area contributed by atoms with Gasteiger partial charge in [-0.3, -0.25) is 0 Å². The molecule has 1 atom stereocenters. The first-order valence-electron chi connectivity index (χ1n) is 10.6. The first-order chi connectivity index (χ1) is 15.5. The van der Waals surface area contributed by atoms with Crippen molar-refractivity contribution in [2.24, 2.45) is 0 Å².